The van der Waals surface area contributed by atoms with Crippen LogP contribution in [0.1, 0.15) is 35.4 Å². The summed E-state index contributed by atoms with van der Waals surface area (Å²) in [6.45, 7) is 2.13. The van der Waals surface area contributed by atoms with Crippen molar-refractivity contribution in [3.63, 3.8) is 0 Å². The molecule has 2 unspecified atom stereocenters. The molecule has 0 spiro atoms. The van der Waals surface area contributed by atoms with Crippen molar-refractivity contribution in [2.45, 2.75) is 23.7 Å². The Bertz CT molecular complexity index is 1200. The molecular formula is C23H19Cl3N2O2S. The van der Waals surface area contributed by atoms with Crippen molar-refractivity contribution in [1.29, 1.82) is 5.26 Å². The number of nitrogens with one attached hydrogen (secondary N) is 1. The van der Waals surface area contributed by atoms with Gasteiger partial charge in [-0.2, -0.15) is 5.26 Å². The number of benzene rings is 3. The Hall–Kier alpha value is -2.07. The van der Waals surface area contributed by atoms with Gasteiger partial charge in [-0.05, 0) is 59.5 Å². The van der Waals surface area contributed by atoms with Gasteiger partial charge in [0.25, 0.3) is 0 Å². The summed E-state index contributed by atoms with van der Waals surface area (Å²) in [4.78, 5) is -0.00586. The van der Waals surface area contributed by atoms with Crippen LogP contribution in [-0.2, 0) is 10.0 Å². The van der Waals surface area contributed by atoms with Crippen LogP contribution in [0.5, 0.6) is 0 Å². The van der Waals surface area contributed by atoms with Crippen LogP contribution >= 0.6 is 34.8 Å². The highest BCUT2D eigenvalue weighted by atomic mass is 35.5. The van der Waals surface area contributed by atoms with Crippen LogP contribution in [0.3, 0.4) is 0 Å². The van der Waals surface area contributed by atoms with Crippen LogP contribution in [0.4, 0.5) is 0 Å². The second-order valence-corrected chi connectivity index (χ2v) is 10.2. The molecule has 0 aliphatic rings. The van der Waals surface area contributed by atoms with Gasteiger partial charge in [-0.15, -0.1) is 0 Å². The molecule has 2 atom stereocenters. The van der Waals surface area contributed by atoms with E-state index in [2.05, 4.69) is 10.8 Å². The summed E-state index contributed by atoms with van der Waals surface area (Å²) in [5.41, 5.74) is 2.37. The third-order valence-electron chi connectivity index (χ3n) is 5.08. The summed E-state index contributed by atoms with van der Waals surface area (Å²) < 4.78 is 28.5. The molecule has 3 aromatic rings. The second-order valence-electron chi connectivity index (χ2n) is 7.14. The van der Waals surface area contributed by atoms with E-state index in [1.165, 1.54) is 18.2 Å². The lowest BCUT2D eigenvalue weighted by molar-refractivity contribution is 0.539. The average molecular weight is 494 g/mol. The zero-order chi connectivity index (χ0) is 22.6. The first kappa shape index (κ1) is 23.6. The molecule has 4 nitrogen and oxygen atoms in total. The first-order valence-electron chi connectivity index (χ1n) is 9.41. The number of hydrogen-bond acceptors (Lipinski definition) is 3. The Morgan fingerprint density at radius 1 is 0.903 bits per heavy atom. The molecule has 0 radical (unpaired) electrons. The van der Waals surface area contributed by atoms with Crippen molar-refractivity contribution < 1.29 is 8.42 Å². The Morgan fingerprint density at radius 2 is 1.55 bits per heavy atom. The molecule has 0 aliphatic heterocycles. The number of rotatable bonds is 7. The van der Waals surface area contributed by atoms with E-state index < -0.39 is 10.0 Å². The van der Waals surface area contributed by atoms with Crippen molar-refractivity contribution in [2.24, 2.45) is 0 Å². The predicted molar refractivity (Wildman–Crippen MR) is 125 cm³/mol. The normalized spacial score (nSPS) is 13.4. The van der Waals surface area contributed by atoms with Crippen LogP contribution in [0.25, 0.3) is 0 Å². The van der Waals surface area contributed by atoms with E-state index in [0.29, 0.717) is 10.6 Å². The minimum absolute atomic E-state index is 0.00586. The van der Waals surface area contributed by atoms with Crippen molar-refractivity contribution in [3.05, 3.63) is 98.5 Å². The fraction of sp³-hybridized carbons (Fsp3) is 0.174. The van der Waals surface area contributed by atoms with E-state index in [1.807, 2.05) is 25.1 Å². The first-order valence-corrected chi connectivity index (χ1v) is 12.0. The maximum Gasteiger partial charge on any atom is 0.240 e. The number of hydrogen-bond donors (Lipinski definition) is 1. The number of nitrogens with zero attached hydrogens (tertiary/aromatic N) is 1. The van der Waals surface area contributed by atoms with Gasteiger partial charge in [-0.25, -0.2) is 13.1 Å². The van der Waals surface area contributed by atoms with Crippen LogP contribution in [0.2, 0.25) is 15.1 Å². The molecule has 0 aliphatic carbocycles. The molecule has 0 saturated heterocycles. The third-order valence-corrected chi connectivity index (χ3v) is 7.17. The fourth-order valence-electron chi connectivity index (χ4n) is 3.39. The van der Waals surface area contributed by atoms with Crippen LogP contribution < -0.4 is 4.72 Å². The van der Waals surface area contributed by atoms with Crippen LogP contribution in [0, 0.1) is 11.3 Å². The zero-order valence-electron chi connectivity index (χ0n) is 16.5. The molecule has 8 heteroatoms. The zero-order valence-corrected chi connectivity index (χ0v) is 19.6. The van der Waals surface area contributed by atoms with E-state index in [1.54, 1.807) is 30.3 Å². The lowest BCUT2D eigenvalue weighted by Gasteiger charge is -2.26. The molecule has 160 valence electrons. The van der Waals surface area contributed by atoms with Gasteiger partial charge in [0.15, 0.2) is 0 Å². The Balaban J connectivity index is 1.94. The second kappa shape index (κ2) is 10.0. The summed E-state index contributed by atoms with van der Waals surface area (Å²) >= 11 is 18.0. The maximum atomic E-state index is 12.9. The molecule has 0 bridgehead atoms. The summed E-state index contributed by atoms with van der Waals surface area (Å²) in [7, 11) is -3.85. The predicted octanol–water partition coefficient (Wildman–Crippen LogP) is 6.38. The molecule has 31 heavy (non-hydrogen) atoms. The number of nitriles is 1. The van der Waals surface area contributed by atoms with Crippen molar-refractivity contribution in [1.82, 2.24) is 4.72 Å². The maximum absolute atomic E-state index is 12.9. The van der Waals surface area contributed by atoms with E-state index in [9.17, 15) is 13.7 Å². The highest BCUT2D eigenvalue weighted by Gasteiger charge is 2.25. The van der Waals surface area contributed by atoms with E-state index >= 15 is 0 Å². The molecule has 3 aromatic carbocycles. The molecule has 3 rings (SSSR count). The van der Waals surface area contributed by atoms with Gasteiger partial charge in [0, 0.05) is 27.5 Å². The fourth-order valence-corrected chi connectivity index (χ4v) is 5.30. The van der Waals surface area contributed by atoms with Crippen molar-refractivity contribution >= 4 is 44.8 Å². The molecular weight excluding hydrogens is 475 g/mol. The summed E-state index contributed by atoms with van der Waals surface area (Å²) in [5.74, 6) is -0.296. The number of sulfonamides is 1. The minimum Gasteiger partial charge on any atom is -0.211 e. The average Bonchev–Trinajstić information content (AvgIpc) is 2.73. The van der Waals surface area contributed by atoms with Gasteiger partial charge in [0.1, 0.15) is 0 Å². The molecule has 1 N–H and O–H groups in total. The Labute approximate surface area is 197 Å². The van der Waals surface area contributed by atoms with Gasteiger partial charge < -0.3 is 0 Å². The van der Waals surface area contributed by atoms with E-state index in [-0.39, 0.29) is 33.3 Å². The third kappa shape index (κ3) is 6.00. The lowest BCUT2D eigenvalue weighted by Crippen LogP contribution is -2.30. The molecule has 0 aromatic heterocycles. The standard InChI is InChI=1S/C23H19Cl3N2O2S/c1-15(17-5-7-19(24)8-6-17)23(18-4-2-3-16(9-18)13-27)14-28-31(29,30)22-11-20(25)10-21(26)12-22/h2-12,15,23,28H,14H2,1H3. The molecule has 0 amide bonds. The summed E-state index contributed by atoms with van der Waals surface area (Å²) in [6.07, 6.45) is 0. The smallest absolute Gasteiger partial charge is 0.211 e. The van der Waals surface area contributed by atoms with E-state index in [4.69, 9.17) is 34.8 Å². The SMILES string of the molecule is CC(c1ccc(Cl)cc1)C(CNS(=O)(=O)c1cc(Cl)cc(Cl)c1)c1cccc(C#N)c1. The van der Waals surface area contributed by atoms with Gasteiger partial charge in [0.2, 0.25) is 10.0 Å². The first-order chi connectivity index (χ1) is 14.7. The largest absolute Gasteiger partial charge is 0.240 e. The summed E-state index contributed by atoms with van der Waals surface area (Å²) in [5, 5.41) is 10.4. The molecule has 0 heterocycles. The van der Waals surface area contributed by atoms with Crippen LogP contribution in [0.15, 0.2) is 71.6 Å². The molecule has 0 saturated carbocycles. The highest BCUT2D eigenvalue weighted by Crippen LogP contribution is 2.34. The van der Waals surface area contributed by atoms with Gasteiger partial charge in [0.05, 0.1) is 16.5 Å². The quantitative estimate of drug-likeness (QED) is 0.415. The Morgan fingerprint density at radius 3 is 2.16 bits per heavy atom. The van der Waals surface area contributed by atoms with E-state index in [0.717, 1.165) is 11.1 Å². The van der Waals surface area contributed by atoms with Gasteiger partial charge in [-0.3, -0.25) is 0 Å². The van der Waals surface area contributed by atoms with Crippen LogP contribution in [-0.4, -0.2) is 15.0 Å². The highest BCUT2D eigenvalue weighted by molar-refractivity contribution is 7.89. The van der Waals surface area contributed by atoms with Gasteiger partial charge in [-0.1, -0.05) is 66.0 Å². The van der Waals surface area contributed by atoms with Crippen molar-refractivity contribution in [3.8, 4) is 6.07 Å². The summed E-state index contributed by atoms with van der Waals surface area (Å²) in [6, 6.07) is 20.9. The van der Waals surface area contributed by atoms with Crippen molar-refractivity contribution in [2.75, 3.05) is 6.54 Å². The monoisotopic (exact) mass is 492 g/mol. The topological polar surface area (TPSA) is 70.0 Å². The Kier molecular flexibility index (Phi) is 7.64. The number of halogens is 3. The minimum atomic E-state index is -3.85. The van der Waals surface area contributed by atoms with Gasteiger partial charge >= 0.3 is 0 Å². The lowest BCUT2D eigenvalue weighted by atomic mass is 9.82. The molecule has 0 fully saturated rings.